The van der Waals surface area contributed by atoms with Crippen molar-refractivity contribution < 1.29 is 4.74 Å². The summed E-state index contributed by atoms with van der Waals surface area (Å²) >= 11 is 4.84. The van der Waals surface area contributed by atoms with E-state index in [1.807, 2.05) is 12.1 Å². The maximum absolute atomic E-state index is 5.49. The molecule has 0 radical (unpaired) electrons. The lowest BCUT2D eigenvalue weighted by molar-refractivity contribution is 0.110. The first-order chi connectivity index (χ1) is 8.59. The van der Waals surface area contributed by atoms with Gasteiger partial charge in [-0.25, -0.2) is 0 Å². The average Bonchev–Trinajstić information content (AvgIpc) is 2.34. The Bertz CT molecular complexity index is 365. The first kappa shape index (κ1) is 14.9. The molecule has 0 atom stereocenters. The molecule has 1 heterocycles. The van der Waals surface area contributed by atoms with Crippen LogP contribution in [0, 0.1) is 5.92 Å². The molecule has 5 heteroatoms. The van der Waals surface area contributed by atoms with Gasteiger partial charge in [0.1, 0.15) is 4.99 Å². The van der Waals surface area contributed by atoms with Crippen LogP contribution >= 0.6 is 12.2 Å². The first-order valence-electron chi connectivity index (χ1n) is 6.17. The highest BCUT2D eigenvalue weighted by molar-refractivity contribution is 7.80. The van der Waals surface area contributed by atoms with Crippen molar-refractivity contribution in [1.29, 1.82) is 0 Å². The van der Waals surface area contributed by atoms with Crippen molar-refractivity contribution in [3.63, 3.8) is 0 Å². The van der Waals surface area contributed by atoms with Gasteiger partial charge in [0.05, 0.1) is 17.6 Å². The number of hydrogen-bond acceptors (Lipinski definition) is 4. The van der Waals surface area contributed by atoms with Gasteiger partial charge >= 0.3 is 0 Å². The number of nitrogens with zero attached hydrogens (tertiary/aromatic N) is 1. The minimum absolute atomic E-state index is 0.323. The molecule has 4 nitrogen and oxygen atoms in total. The van der Waals surface area contributed by atoms with E-state index >= 15 is 0 Å². The van der Waals surface area contributed by atoms with Gasteiger partial charge < -0.3 is 15.8 Å². The van der Waals surface area contributed by atoms with E-state index in [9.17, 15) is 0 Å². The van der Waals surface area contributed by atoms with E-state index in [0.717, 1.165) is 31.9 Å². The normalized spacial score (nSPS) is 10.6. The Hall–Kier alpha value is -1.20. The number of rotatable bonds is 8. The summed E-state index contributed by atoms with van der Waals surface area (Å²) in [5.41, 5.74) is 7.10. The van der Waals surface area contributed by atoms with Crippen molar-refractivity contribution >= 4 is 22.9 Å². The molecule has 18 heavy (non-hydrogen) atoms. The van der Waals surface area contributed by atoms with E-state index in [-0.39, 0.29) is 0 Å². The maximum Gasteiger partial charge on any atom is 0.122 e. The Morgan fingerprint density at radius 2 is 2.28 bits per heavy atom. The number of nitrogens with one attached hydrogen (secondary N) is 1. The molecule has 0 saturated heterocycles. The predicted molar refractivity (Wildman–Crippen MR) is 78.9 cm³/mol. The van der Waals surface area contributed by atoms with Gasteiger partial charge in [0.15, 0.2) is 0 Å². The molecular weight excluding hydrogens is 246 g/mol. The second-order valence-electron chi connectivity index (χ2n) is 4.55. The minimum Gasteiger partial charge on any atom is -0.388 e. The molecule has 0 aliphatic carbocycles. The standard InChI is InChI=1S/C13H21N3OS/c1-10(2)9-17-7-3-6-15-11-4-5-12(13(14)18)16-8-11/h4-5,8,10,15H,3,6-7,9H2,1-2H3,(H2,14,18). The van der Waals surface area contributed by atoms with Crippen molar-refractivity contribution in [3.8, 4) is 0 Å². The summed E-state index contributed by atoms with van der Waals surface area (Å²) in [6.45, 7) is 6.76. The van der Waals surface area contributed by atoms with Gasteiger partial charge in [0, 0.05) is 19.8 Å². The fourth-order valence-corrected chi connectivity index (χ4v) is 1.49. The van der Waals surface area contributed by atoms with Gasteiger partial charge in [-0.2, -0.15) is 0 Å². The van der Waals surface area contributed by atoms with Crippen LogP contribution < -0.4 is 11.1 Å². The fourth-order valence-electron chi connectivity index (χ4n) is 1.37. The molecule has 0 unspecified atom stereocenters. The molecule has 0 bridgehead atoms. The van der Waals surface area contributed by atoms with Gasteiger partial charge in [-0.1, -0.05) is 26.1 Å². The lowest BCUT2D eigenvalue weighted by Crippen LogP contribution is -2.12. The average molecular weight is 267 g/mol. The zero-order valence-corrected chi connectivity index (χ0v) is 11.8. The monoisotopic (exact) mass is 267 g/mol. The molecule has 0 aliphatic heterocycles. The molecule has 0 fully saturated rings. The Morgan fingerprint density at radius 1 is 1.50 bits per heavy atom. The van der Waals surface area contributed by atoms with Crippen molar-refractivity contribution in [2.24, 2.45) is 11.7 Å². The number of hydrogen-bond donors (Lipinski definition) is 2. The summed E-state index contributed by atoms with van der Waals surface area (Å²) in [7, 11) is 0. The van der Waals surface area contributed by atoms with Crippen molar-refractivity contribution in [1.82, 2.24) is 4.98 Å². The smallest absolute Gasteiger partial charge is 0.122 e. The van der Waals surface area contributed by atoms with Gasteiger partial charge in [0.25, 0.3) is 0 Å². The van der Waals surface area contributed by atoms with Crippen molar-refractivity contribution in [2.45, 2.75) is 20.3 Å². The molecule has 0 saturated carbocycles. The summed E-state index contributed by atoms with van der Waals surface area (Å²) < 4.78 is 5.49. The highest BCUT2D eigenvalue weighted by Gasteiger charge is 1.98. The van der Waals surface area contributed by atoms with E-state index in [0.29, 0.717) is 16.6 Å². The lowest BCUT2D eigenvalue weighted by atomic mass is 10.2. The topological polar surface area (TPSA) is 60.2 Å². The van der Waals surface area contributed by atoms with Crippen LogP contribution in [0.3, 0.4) is 0 Å². The highest BCUT2D eigenvalue weighted by Crippen LogP contribution is 2.06. The summed E-state index contributed by atoms with van der Waals surface area (Å²) in [5.74, 6) is 0.592. The lowest BCUT2D eigenvalue weighted by Gasteiger charge is -2.08. The van der Waals surface area contributed by atoms with E-state index in [1.165, 1.54) is 0 Å². The van der Waals surface area contributed by atoms with Crippen molar-refractivity contribution in [3.05, 3.63) is 24.0 Å². The Labute approximate surface area is 114 Å². The quantitative estimate of drug-likeness (QED) is 0.558. The Kier molecular flexibility index (Phi) is 6.60. The van der Waals surface area contributed by atoms with Crippen LogP contribution in [-0.2, 0) is 4.74 Å². The van der Waals surface area contributed by atoms with Crippen LogP contribution in [0.1, 0.15) is 26.0 Å². The minimum atomic E-state index is 0.323. The fraction of sp³-hybridized carbons (Fsp3) is 0.538. The number of thiocarbonyl (C=S) groups is 1. The maximum atomic E-state index is 5.49. The highest BCUT2D eigenvalue weighted by atomic mass is 32.1. The predicted octanol–water partition coefficient (Wildman–Crippen LogP) is 2.19. The molecule has 0 amide bonds. The Balaban J connectivity index is 2.17. The van der Waals surface area contributed by atoms with Crippen LogP contribution in [0.2, 0.25) is 0 Å². The number of pyridine rings is 1. The van der Waals surface area contributed by atoms with Crippen LogP contribution in [0.5, 0.6) is 0 Å². The summed E-state index contributed by atoms with van der Waals surface area (Å²) in [5, 5.41) is 3.27. The zero-order chi connectivity index (χ0) is 13.4. The molecule has 0 spiro atoms. The van der Waals surface area contributed by atoms with Gasteiger partial charge in [-0.3, -0.25) is 4.98 Å². The number of anilines is 1. The van der Waals surface area contributed by atoms with E-state index in [2.05, 4.69) is 24.1 Å². The van der Waals surface area contributed by atoms with Gasteiger partial charge in [-0.05, 0) is 24.5 Å². The molecule has 0 aliphatic rings. The zero-order valence-electron chi connectivity index (χ0n) is 11.0. The number of aromatic nitrogens is 1. The van der Waals surface area contributed by atoms with Gasteiger partial charge in [0.2, 0.25) is 0 Å². The molecule has 0 aromatic carbocycles. The van der Waals surface area contributed by atoms with Gasteiger partial charge in [-0.15, -0.1) is 0 Å². The second kappa shape index (κ2) is 8.00. The van der Waals surface area contributed by atoms with Crippen LogP contribution in [0.25, 0.3) is 0 Å². The van der Waals surface area contributed by atoms with E-state index < -0.39 is 0 Å². The molecule has 100 valence electrons. The molecule has 1 aromatic rings. The number of nitrogens with two attached hydrogens (primary N) is 1. The van der Waals surface area contributed by atoms with E-state index in [4.69, 9.17) is 22.7 Å². The summed E-state index contributed by atoms with van der Waals surface area (Å²) in [4.78, 5) is 4.48. The van der Waals surface area contributed by atoms with Crippen LogP contribution in [0.15, 0.2) is 18.3 Å². The third kappa shape index (κ3) is 5.93. The van der Waals surface area contributed by atoms with Crippen LogP contribution in [-0.4, -0.2) is 29.7 Å². The molecule has 1 rings (SSSR count). The second-order valence-corrected chi connectivity index (χ2v) is 4.99. The molecule has 3 N–H and O–H groups in total. The van der Waals surface area contributed by atoms with E-state index in [1.54, 1.807) is 6.20 Å². The molecular formula is C13H21N3OS. The third-order valence-electron chi connectivity index (χ3n) is 2.26. The Morgan fingerprint density at radius 3 is 2.83 bits per heavy atom. The summed E-state index contributed by atoms with van der Waals surface area (Å²) in [6.07, 6.45) is 2.72. The summed E-state index contributed by atoms with van der Waals surface area (Å²) in [6, 6.07) is 3.75. The van der Waals surface area contributed by atoms with Crippen molar-refractivity contribution in [2.75, 3.05) is 25.1 Å². The molecule has 1 aromatic heterocycles. The van der Waals surface area contributed by atoms with Crippen LogP contribution in [0.4, 0.5) is 5.69 Å². The largest absolute Gasteiger partial charge is 0.388 e. The first-order valence-corrected chi connectivity index (χ1v) is 6.58. The number of ether oxygens (including phenoxy) is 1. The third-order valence-corrected chi connectivity index (χ3v) is 2.47. The SMILES string of the molecule is CC(C)COCCCNc1ccc(C(N)=S)nc1.